The van der Waals surface area contributed by atoms with Gasteiger partial charge in [-0.05, 0) is 42.8 Å². The predicted molar refractivity (Wildman–Crippen MR) is 117 cm³/mol. The number of halogens is 1. The van der Waals surface area contributed by atoms with Gasteiger partial charge in [-0.1, -0.05) is 12.1 Å². The van der Waals surface area contributed by atoms with Gasteiger partial charge in [0.25, 0.3) is 5.91 Å². The zero-order chi connectivity index (χ0) is 21.4. The van der Waals surface area contributed by atoms with Crippen molar-refractivity contribution < 1.29 is 14.0 Å². The van der Waals surface area contributed by atoms with Gasteiger partial charge in [-0.25, -0.2) is 14.4 Å². The molecule has 0 spiro atoms. The largest absolute Gasteiger partial charge is 0.308 e. The fourth-order valence-corrected chi connectivity index (χ4v) is 4.39. The molecule has 31 heavy (non-hydrogen) atoms. The van der Waals surface area contributed by atoms with Crippen molar-refractivity contribution in [1.29, 1.82) is 0 Å². The number of amides is 2. The van der Waals surface area contributed by atoms with E-state index in [0.29, 0.717) is 36.0 Å². The van der Waals surface area contributed by atoms with E-state index in [0.717, 1.165) is 23.3 Å². The summed E-state index contributed by atoms with van der Waals surface area (Å²) >= 11 is 1.29. The number of imidazole rings is 1. The van der Waals surface area contributed by atoms with Crippen molar-refractivity contribution in [3.8, 4) is 0 Å². The molecule has 5 rings (SSSR count). The third-order valence-electron chi connectivity index (χ3n) is 5.20. The average Bonchev–Trinajstić information content (AvgIpc) is 3.47. The molecule has 2 aromatic heterocycles. The topological polar surface area (TPSA) is 80.1 Å². The molecule has 0 radical (unpaired) electrons. The van der Waals surface area contributed by atoms with Crippen LogP contribution in [0.15, 0.2) is 53.9 Å². The molecule has 0 fully saturated rings. The van der Waals surface area contributed by atoms with Gasteiger partial charge in [-0.2, -0.15) is 0 Å². The summed E-state index contributed by atoms with van der Waals surface area (Å²) in [5.74, 6) is -0.0602. The van der Waals surface area contributed by atoms with Crippen molar-refractivity contribution in [2.75, 3.05) is 16.8 Å². The Bertz CT molecular complexity index is 1280. The number of benzene rings is 2. The number of nitrogens with zero attached hydrogens (tertiary/aromatic N) is 4. The van der Waals surface area contributed by atoms with E-state index in [2.05, 4.69) is 19.9 Å². The molecule has 0 atom stereocenters. The van der Waals surface area contributed by atoms with E-state index < -0.39 is 5.82 Å². The molecule has 7 nitrogen and oxygen atoms in total. The van der Waals surface area contributed by atoms with Crippen LogP contribution in [0.25, 0.3) is 11.0 Å². The second-order valence-corrected chi connectivity index (χ2v) is 8.06. The first-order valence-corrected chi connectivity index (χ1v) is 10.7. The van der Waals surface area contributed by atoms with Gasteiger partial charge in [0.15, 0.2) is 5.13 Å². The first-order chi connectivity index (χ1) is 15.1. The summed E-state index contributed by atoms with van der Waals surface area (Å²) in [6, 6.07) is 13.2. The predicted octanol–water partition coefficient (Wildman–Crippen LogP) is 3.86. The fourth-order valence-electron chi connectivity index (χ4n) is 3.65. The normalized spacial score (nSPS) is 12.9. The lowest BCUT2D eigenvalue weighted by Crippen LogP contribution is -2.29. The molecule has 1 aliphatic heterocycles. The lowest BCUT2D eigenvalue weighted by atomic mass is 10.2. The van der Waals surface area contributed by atoms with Crippen molar-refractivity contribution in [2.24, 2.45) is 0 Å². The number of carbonyl (C=O) groups excluding carboxylic acids is 2. The van der Waals surface area contributed by atoms with Crippen LogP contribution in [0.5, 0.6) is 0 Å². The average molecular weight is 435 g/mol. The monoisotopic (exact) mass is 435 g/mol. The van der Waals surface area contributed by atoms with E-state index in [9.17, 15) is 14.0 Å². The molecule has 0 saturated heterocycles. The minimum absolute atomic E-state index is 0.000969. The lowest BCUT2D eigenvalue weighted by molar-refractivity contribution is -0.118. The molecule has 1 aliphatic rings. The van der Waals surface area contributed by atoms with Crippen molar-refractivity contribution >= 4 is 45.3 Å². The highest BCUT2D eigenvalue weighted by molar-refractivity contribution is 7.14. The fraction of sp³-hybridized carbons (Fsp3) is 0.182. The summed E-state index contributed by atoms with van der Waals surface area (Å²) in [5.41, 5.74) is 3.01. The molecule has 3 heterocycles. The molecule has 0 unspecified atom stereocenters. The molecule has 4 aromatic rings. The Balaban J connectivity index is 1.21. The van der Waals surface area contributed by atoms with Gasteiger partial charge >= 0.3 is 0 Å². The summed E-state index contributed by atoms with van der Waals surface area (Å²) < 4.78 is 15.1. The summed E-state index contributed by atoms with van der Waals surface area (Å²) in [7, 11) is 0. The van der Waals surface area contributed by atoms with Gasteiger partial charge in [0.2, 0.25) is 11.9 Å². The zero-order valence-electron chi connectivity index (χ0n) is 16.4. The zero-order valence-corrected chi connectivity index (χ0v) is 17.2. The van der Waals surface area contributed by atoms with E-state index in [1.54, 1.807) is 4.90 Å². The number of aromatic nitrogens is 3. The van der Waals surface area contributed by atoms with Crippen LogP contribution in [-0.2, 0) is 17.8 Å². The molecule has 2 amide bonds. The number of aryl methyl sites for hydroxylation is 1. The van der Waals surface area contributed by atoms with Crippen LogP contribution in [0.2, 0.25) is 0 Å². The molecule has 9 heteroatoms. The molecular formula is C22H18FN5O2S. The molecular weight excluding hydrogens is 417 g/mol. The van der Waals surface area contributed by atoms with E-state index in [1.165, 1.54) is 35.6 Å². The maximum Gasteiger partial charge on any atom is 0.257 e. The molecule has 0 bridgehead atoms. The Hall–Kier alpha value is -3.59. The van der Waals surface area contributed by atoms with E-state index >= 15 is 0 Å². The smallest absolute Gasteiger partial charge is 0.257 e. The van der Waals surface area contributed by atoms with Gasteiger partial charge in [-0.15, -0.1) is 11.3 Å². The maximum atomic E-state index is 13.0. The number of nitrogens with one attached hydrogen (secondary N) is 1. The number of thiazole rings is 1. The van der Waals surface area contributed by atoms with E-state index in [-0.39, 0.29) is 11.8 Å². The summed E-state index contributed by atoms with van der Waals surface area (Å²) in [6.07, 6.45) is 0.775. The number of anilines is 2. The van der Waals surface area contributed by atoms with Crippen molar-refractivity contribution in [2.45, 2.75) is 19.4 Å². The summed E-state index contributed by atoms with van der Waals surface area (Å²) in [6.45, 7) is 1.35. The summed E-state index contributed by atoms with van der Waals surface area (Å²) in [5, 5.41) is 4.98. The van der Waals surface area contributed by atoms with Crippen LogP contribution in [-0.4, -0.2) is 32.9 Å². The Kier molecular flexibility index (Phi) is 4.95. The molecule has 1 N–H and O–H groups in total. The van der Waals surface area contributed by atoms with Gasteiger partial charge < -0.3 is 4.57 Å². The third kappa shape index (κ3) is 3.79. The van der Waals surface area contributed by atoms with Crippen LogP contribution in [0.3, 0.4) is 0 Å². The third-order valence-corrected chi connectivity index (χ3v) is 6.00. The first-order valence-electron chi connectivity index (χ1n) is 9.85. The van der Waals surface area contributed by atoms with Crippen LogP contribution < -0.4 is 10.2 Å². The Morgan fingerprint density at radius 2 is 1.87 bits per heavy atom. The maximum absolute atomic E-state index is 13.0. The van der Waals surface area contributed by atoms with Gasteiger partial charge in [0, 0.05) is 30.5 Å². The Morgan fingerprint density at radius 1 is 1.06 bits per heavy atom. The van der Waals surface area contributed by atoms with Crippen LogP contribution in [0, 0.1) is 5.82 Å². The second kappa shape index (κ2) is 7.92. The number of carbonyl (C=O) groups is 2. The molecule has 2 aromatic carbocycles. The molecule has 0 aliphatic carbocycles. The van der Waals surface area contributed by atoms with Crippen molar-refractivity contribution in [1.82, 2.24) is 14.5 Å². The number of hydrogen-bond acceptors (Lipinski definition) is 5. The van der Waals surface area contributed by atoms with Crippen LogP contribution in [0.1, 0.15) is 22.5 Å². The van der Waals surface area contributed by atoms with Crippen LogP contribution >= 0.6 is 11.3 Å². The van der Waals surface area contributed by atoms with Gasteiger partial charge in [0.1, 0.15) is 5.82 Å². The number of hydrogen-bond donors (Lipinski definition) is 1. The molecule has 0 saturated carbocycles. The SMILES string of the molecule is O=C(Nc1nc(CCC(=O)N2CCn3c2nc2ccccc23)cs1)c1ccc(F)cc1. The quantitative estimate of drug-likeness (QED) is 0.516. The van der Waals surface area contributed by atoms with Crippen molar-refractivity contribution in [3.05, 3.63) is 71.0 Å². The highest BCUT2D eigenvalue weighted by atomic mass is 32.1. The minimum atomic E-state index is -0.397. The van der Waals surface area contributed by atoms with Crippen molar-refractivity contribution in [3.63, 3.8) is 0 Å². The highest BCUT2D eigenvalue weighted by Crippen LogP contribution is 2.28. The summed E-state index contributed by atoms with van der Waals surface area (Å²) in [4.78, 5) is 35.8. The van der Waals surface area contributed by atoms with Gasteiger partial charge in [0.05, 0.1) is 16.7 Å². The first kappa shape index (κ1) is 19.4. The number of fused-ring (bicyclic) bond motifs is 3. The number of rotatable bonds is 5. The minimum Gasteiger partial charge on any atom is -0.308 e. The Morgan fingerprint density at radius 3 is 2.71 bits per heavy atom. The lowest BCUT2D eigenvalue weighted by Gasteiger charge is -2.13. The van der Waals surface area contributed by atoms with E-state index in [4.69, 9.17) is 0 Å². The van der Waals surface area contributed by atoms with E-state index in [1.807, 2.05) is 29.6 Å². The Labute approximate surface area is 181 Å². The standard InChI is InChI=1S/C22H18FN5O2S/c23-15-7-5-14(6-8-15)20(30)26-21-24-16(13-31-21)9-10-19(29)28-12-11-27-18-4-2-1-3-17(18)25-22(27)28/h1-8,13H,9-12H2,(H,24,26,30). The molecule has 156 valence electrons. The van der Waals surface area contributed by atoms with Gasteiger partial charge in [-0.3, -0.25) is 19.8 Å². The second-order valence-electron chi connectivity index (χ2n) is 7.20. The number of para-hydroxylation sites is 2. The van der Waals surface area contributed by atoms with Crippen LogP contribution in [0.4, 0.5) is 15.5 Å². The highest BCUT2D eigenvalue weighted by Gasteiger charge is 2.28.